The zero-order valence-corrected chi connectivity index (χ0v) is 17.5. The van der Waals surface area contributed by atoms with Crippen molar-refractivity contribution in [1.29, 1.82) is 0 Å². The lowest BCUT2D eigenvalue weighted by atomic mass is 10.1. The molecule has 0 spiro atoms. The molecule has 3 aromatic rings. The molecule has 29 heavy (non-hydrogen) atoms. The van der Waals surface area contributed by atoms with E-state index in [9.17, 15) is 9.18 Å². The van der Waals surface area contributed by atoms with E-state index in [4.69, 9.17) is 16.6 Å². The lowest BCUT2D eigenvalue weighted by molar-refractivity contribution is 0.194. The number of nitrogens with one attached hydrogen (secondary N) is 1. The third-order valence-electron chi connectivity index (χ3n) is 5.03. The monoisotopic (exact) mass is 432 g/mol. The molecule has 0 unspecified atom stereocenters. The Morgan fingerprint density at radius 3 is 2.66 bits per heavy atom. The molecule has 152 valence electrons. The number of aromatic nitrogens is 1. The summed E-state index contributed by atoms with van der Waals surface area (Å²) in [6.45, 7) is 3.43. The number of amides is 2. The van der Waals surface area contributed by atoms with Crippen molar-refractivity contribution in [2.24, 2.45) is 0 Å². The van der Waals surface area contributed by atoms with Crippen LogP contribution in [-0.2, 0) is 0 Å². The summed E-state index contributed by atoms with van der Waals surface area (Å²) in [6, 6.07) is 10.5. The van der Waals surface area contributed by atoms with Crippen LogP contribution in [0.1, 0.15) is 6.42 Å². The first-order valence-corrected chi connectivity index (χ1v) is 11.0. The van der Waals surface area contributed by atoms with Crippen LogP contribution in [0.5, 0.6) is 0 Å². The number of anilines is 1. The fourth-order valence-corrected chi connectivity index (χ4v) is 4.48. The van der Waals surface area contributed by atoms with Gasteiger partial charge in [-0.05, 0) is 48.2 Å². The van der Waals surface area contributed by atoms with Gasteiger partial charge in [0.1, 0.15) is 5.82 Å². The highest BCUT2D eigenvalue weighted by Gasteiger charge is 2.23. The van der Waals surface area contributed by atoms with E-state index < -0.39 is 0 Å². The van der Waals surface area contributed by atoms with E-state index in [0.717, 1.165) is 46.7 Å². The Hall–Kier alpha value is -2.38. The van der Waals surface area contributed by atoms with Crippen LogP contribution in [0, 0.1) is 5.82 Å². The van der Waals surface area contributed by atoms with Gasteiger partial charge in [-0.2, -0.15) is 0 Å². The van der Waals surface area contributed by atoms with Gasteiger partial charge in [0.2, 0.25) is 0 Å². The lowest BCUT2D eigenvalue weighted by Crippen LogP contribution is -2.52. The molecular weight excluding hydrogens is 411 g/mol. The van der Waals surface area contributed by atoms with Crippen molar-refractivity contribution in [1.82, 2.24) is 15.2 Å². The molecule has 1 fully saturated rings. The number of carbonyl (C=O) groups excluding carboxylic acids is 1. The smallest absolute Gasteiger partial charge is 0.317 e. The highest BCUT2D eigenvalue weighted by molar-refractivity contribution is 7.17. The molecule has 5 nitrogen and oxygen atoms in total. The number of benzene rings is 1. The molecule has 4 rings (SSSR count). The van der Waals surface area contributed by atoms with Gasteiger partial charge in [-0.1, -0.05) is 0 Å². The molecule has 1 saturated heterocycles. The Balaban J connectivity index is 1.53. The van der Waals surface area contributed by atoms with Crippen LogP contribution in [0.15, 0.2) is 41.8 Å². The SMILES string of the molecule is O=C(NCCCCl)N1CCN(c2cc(-c3ccc(F)cc3)nc3ccsc23)CC1. The Kier molecular flexibility index (Phi) is 6.16. The Labute approximate surface area is 178 Å². The molecule has 0 atom stereocenters. The van der Waals surface area contributed by atoms with Crippen molar-refractivity contribution in [3.63, 3.8) is 0 Å². The maximum Gasteiger partial charge on any atom is 0.317 e. The van der Waals surface area contributed by atoms with Crippen LogP contribution in [0.25, 0.3) is 21.5 Å². The predicted octanol–water partition coefficient (Wildman–Crippen LogP) is 4.56. The minimum absolute atomic E-state index is 0.0298. The predicted molar refractivity (Wildman–Crippen MR) is 118 cm³/mol. The highest BCUT2D eigenvalue weighted by Crippen LogP contribution is 2.34. The number of alkyl halides is 1. The quantitative estimate of drug-likeness (QED) is 0.475. The number of halogens is 2. The average molecular weight is 433 g/mol. The number of carbonyl (C=O) groups is 1. The van der Waals surface area contributed by atoms with Crippen molar-refractivity contribution in [2.75, 3.05) is 43.5 Å². The molecule has 0 radical (unpaired) electrons. The number of piperazine rings is 1. The van der Waals surface area contributed by atoms with Gasteiger partial charge in [-0.3, -0.25) is 0 Å². The van der Waals surface area contributed by atoms with Crippen LogP contribution < -0.4 is 10.2 Å². The van der Waals surface area contributed by atoms with Gasteiger partial charge in [-0.15, -0.1) is 22.9 Å². The van der Waals surface area contributed by atoms with Gasteiger partial charge in [0.05, 0.1) is 21.6 Å². The van der Waals surface area contributed by atoms with Crippen LogP contribution in [0.4, 0.5) is 14.9 Å². The summed E-state index contributed by atoms with van der Waals surface area (Å²) >= 11 is 7.33. The Morgan fingerprint density at radius 1 is 1.17 bits per heavy atom. The number of thiophene rings is 1. The van der Waals surface area contributed by atoms with E-state index in [2.05, 4.69) is 16.3 Å². The summed E-state index contributed by atoms with van der Waals surface area (Å²) in [6.07, 6.45) is 0.771. The summed E-state index contributed by atoms with van der Waals surface area (Å²) < 4.78 is 14.4. The molecule has 8 heteroatoms. The topological polar surface area (TPSA) is 48.5 Å². The normalized spacial score (nSPS) is 14.4. The van der Waals surface area contributed by atoms with Gasteiger partial charge in [0.15, 0.2) is 0 Å². The van der Waals surface area contributed by atoms with Crippen LogP contribution in [-0.4, -0.2) is 54.5 Å². The second-order valence-corrected chi connectivity index (χ2v) is 8.21. The molecule has 0 aliphatic carbocycles. The van der Waals surface area contributed by atoms with Crippen molar-refractivity contribution < 1.29 is 9.18 Å². The number of fused-ring (bicyclic) bond motifs is 1. The molecule has 0 saturated carbocycles. The first-order chi connectivity index (χ1) is 14.2. The van der Waals surface area contributed by atoms with Crippen molar-refractivity contribution in [2.45, 2.75) is 6.42 Å². The van der Waals surface area contributed by atoms with Crippen LogP contribution >= 0.6 is 22.9 Å². The van der Waals surface area contributed by atoms with Gasteiger partial charge in [0, 0.05) is 44.2 Å². The summed E-state index contributed by atoms with van der Waals surface area (Å²) in [7, 11) is 0. The minimum Gasteiger partial charge on any atom is -0.367 e. The van der Waals surface area contributed by atoms with E-state index in [1.54, 1.807) is 23.5 Å². The molecular formula is C21H22ClFN4OS. The Bertz CT molecular complexity index is 986. The van der Waals surface area contributed by atoms with Crippen molar-refractivity contribution in [3.8, 4) is 11.3 Å². The molecule has 1 aliphatic rings. The minimum atomic E-state index is -0.258. The molecule has 2 aromatic heterocycles. The number of urea groups is 1. The summed E-state index contributed by atoms with van der Waals surface area (Å²) in [5.74, 6) is 0.287. The van der Waals surface area contributed by atoms with Crippen LogP contribution in [0.2, 0.25) is 0 Å². The largest absolute Gasteiger partial charge is 0.367 e. The van der Waals surface area contributed by atoms with E-state index >= 15 is 0 Å². The summed E-state index contributed by atoms with van der Waals surface area (Å²) in [4.78, 5) is 21.2. The number of hydrogen-bond donors (Lipinski definition) is 1. The van der Waals surface area contributed by atoms with Gasteiger partial charge >= 0.3 is 6.03 Å². The molecule has 3 heterocycles. The van der Waals surface area contributed by atoms with E-state index in [1.807, 2.05) is 16.3 Å². The van der Waals surface area contributed by atoms with E-state index in [0.29, 0.717) is 25.5 Å². The molecule has 1 N–H and O–H groups in total. The number of rotatable bonds is 5. The van der Waals surface area contributed by atoms with Gasteiger partial charge in [0.25, 0.3) is 0 Å². The van der Waals surface area contributed by atoms with Gasteiger partial charge in [-0.25, -0.2) is 14.2 Å². The fourth-order valence-electron chi connectivity index (χ4n) is 3.47. The summed E-state index contributed by atoms with van der Waals surface area (Å²) in [5.41, 5.74) is 3.77. The second kappa shape index (κ2) is 8.97. The summed E-state index contributed by atoms with van der Waals surface area (Å²) in [5, 5.41) is 4.95. The van der Waals surface area contributed by atoms with Crippen molar-refractivity contribution in [3.05, 3.63) is 47.6 Å². The van der Waals surface area contributed by atoms with E-state index in [1.165, 1.54) is 12.1 Å². The number of hydrogen-bond acceptors (Lipinski definition) is 4. The third-order valence-corrected chi connectivity index (χ3v) is 6.22. The lowest BCUT2D eigenvalue weighted by Gasteiger charge is -2.36. The first kappa shape index (κ1) is 19.9. The molecule has 0 bridgehead atoms. The molecule has 1 aromatic carbocycles. The standard InChI is InChI=1S/C21H22ClFN4OS/c22-7-1-8-24-21(28)27-11-9-26(10-12-27)19-14-18(15-2-4-16(23)5-3-15)25-17-6-13-29-20(17)19/h2-6,13-14H,1,7-12H2,(H,24,28). The maximum absolute atomic E-state index is 13.3. The number of nitrogens with zero attached hydrogens (tertiary/aromatic N) is 3. The van der Waals surface area contributed by atoms with E-state index in [-0.39, 0.29) is 11.8 Å². The zero-order chi connectivity index (χ0) is 20.2. The maximum atomic E-state index is 13.3. The van der Waals surface area contributed by atoms with Crippen LogP contribution in [0.3, 0.4) is 0 Å². The Morgan fingerprint density at radius 2 is 1.93 bits per heavy atom. The zero-order valence-electron chi connectivity index (χ0n) is 15.9. The van der Waals surface area contributed by atoms with Crippen molar-refractivity contribution >= 4 is 44.9 Å². The second-order valence-electron chi connectivity index (χ2n) is 6.92. The number of pyridine rings is 1. The average Bonchev–Trinajstić information content (AvgIpc) is 3.22. The first-order valence-electron chi connectivity index (χ1n) is 9.63. The third kappa shape index (κ3) is 4.46. The fraction of sp³-hybridized carbons (Fsp3) is 0.333. The van der Waals surface area contributed by atoms with Gasteiger partial charge < -0.3 is 15.1 Å². The highest BCUT2D eigenvalue weighted by atomic mass is 35.5. The molecule has 2 amide bonds. The molecule has 1 aliphatic heterocycles.